The highest BCUT2D eigenvalue weighted by atomic mass is 16.4. The van der Waals surface area contributed by atoms with Gasteiger partial charge in [0.1, 0.15) is 0 Å². The number of rotatable bonds is 6. The molecule has 0 spiro atoms. The average Bonchev–Trinajstić information content (AvgIpc) is 2.34. The maximum atomic E-state index is 11.6. The molecule has 5 nitrogen and oxygen atoms in total. The Morgan fingerprint density at radius 2 is 2.18 bits per heavy atom. The van der Waals surface area contributed by atoms with Crippen molar-refractivity contribution < 1.29 is 14.7 Å². The number of aromatic nitrogens is 1. The van der Waals surface area contributed by atoms with Gasteiger partial charge >= 0.3 is 5.97 Å². The van der Waals surface area contributed by atoms with Gasteiger partial charge in [-0.1, -0.05) is 6.07 Å². The highest BCUT2D eigenvalue weighted by molar-refractivity contribution is 5.77. The monoisotopic (exact) mass is 236 g/mol. The maximum Gasteiger partial charge on any atom is 0.305 e. The van der Waals surface area contributed by atoms with E-state index in [1.54, 1.807) is 19.4 Å². The predicted molar refractivity (Wildman–Crippen MR) is 62.4 cm³/mol. The number of amides is 1. The van der Waals surface area contributed by atoms with Crippen molar-refractivity contribution >= 4 is 11.9 Å². The van der Waals surface area contributed by atoms with Gasteiger partial charge in [0, 0.05) is 32.4 Å². The lowest BCUT2D eigenvalue weighted by atomic mass is 10.1. The van der Waals surface area contributed by atoms with E-state index in [-0.39, 0.29) is 18.9 Å². The van der Waals surface area contributed by atoms with E-state index in [4.69, 9.17) is 5.11 Å². The molecule has 0 bridgehead atoms. The quantitative estimate of drug-likeness (QED) is 0.798. The molecule has 0 aliphatic carbocycles. The first kappa shape index (κ1) is 13.2. The highest BCUT2D eigenvalue weighted by Crippen LogP contribution is 2.02. The van der Waals surface area contributed by atoms with E-state index in [9.17, 15) is 9.59 Å². The van der Waals surface area contributed by atoms with Crippen molar-refractivity contribution in [1.29, 1.82) is 0 Å². The van der Waals surface area contributed by atoms with Gasteiger partial charge in [-0.2, -0.15) is 0 Å². The van der Waals surface area contributed by atoms with Gasteiger partial charge in [0.05, 0.1) is 6.42 Å². The van der Waals surface area contributed by atoms with Gasteiger partial charge in [0.15, 0.2) is 0 Å². The Bertz CT molecular complexity index is 379. The van der Waals surface area contributed by atoms with Crippen LogP contribution < -0.4 is 0 Å². The fourth-order valence-corrected chi connectivity index (χ4v) is 1.38. The van der Waals surface area contributed by atoms with Crippen LogP contribution in [0.5, 0.6) is 0 Å². The summed E-state index contributed by atoms with van der Waals surface area (Å²) in [4.78, 5) is 27.4. The number of carbonyl (C=O) groups excluding carboxylic acids is 1. The number of hydrogen-bond acceptors (Lipinski definition) is 3. The van der Waals surface area contributed by atoms with Crippen LogP contribution in [0.2, 0.25) is 0 Å². The molecule has 0 saturated carbocycles. The normalized spacial score (nSPS) is 9.94. The van der Waals surface area contributed by atoms with E-state index in [2.05, 4.69) is 4.98 Å². The molecule has 1 aromatic heterocycles. The van der Waals surface area contributed by atoms with Gasteiger partial charge in [-0.05, 0) is 18.1 Å². The summed E-state index contributed by atoms with van der Waals surface area (Å²) in [5, 5.41) is 8.51. The number of aryl methyl sites for hydroxylation is 1. The molecule has 0 aliphatic heterocycles. The molecule has 0 saturated heterocycles. The maximum absolute atomic E-state index is 11.6. The minimum absolute atomic E-state index is 0.0187. The number of pyridine rings is 1. The van der Waals surface area contributed by atoms with Crippen LogP contribution in [-0.2, 0) is 16.0 Å². The van der Waals surface area contributed by atoms with Gasteiger partial charge in [0.25, 0.3) is 0 Å². The van der Waals surface area contributed by atoms with Crippen molar-refractivity contribution in [2.24, 2.45) is 0 Å². The van der Waals surface area contributed by atoms with Crippen LogP contribution in [0.1, 0.15) is 18.4 Å². The van der Waals surface area contributed by atoms with Crippen molar-refractivity contribution in [2.75, 3.05) is 13.6 Å². The smallest absolute Gasteiger partial charge is 0.305 e. The van der Waals surface area contributed by atoms with E-state index in [0.717, 1.165) is 5.56 Å². The first-order chi connectivity index (χ1) is 8.09. The summed E-state index contributed by atoms with van der Waals surface area (Å²) in [5.74, 6) is -0.938. The van der Waals surface area contributed by atoms with Crippen LogP contribution in [0, 0.1) is 0 Å². The molecular formula is C12H16N2O3. The molecule has 1 rings (SSSR count). The summed E-state index contributed by atoms with van der Waals surface area (Å²) in [6, 6.07) is 3.74. The van der Waals surface area contributed by atoms with Crippen LogP contribution in [0.15, 0.2) is 24.5 Å². The van der Waals surface area contributed by atoms with Crippen LogP contribution in [0.25, 0.3) is 0 Å². The molecule has 1 aromatic rings. The molecule has 0 fully saturated rings. The molecular weight excluding hydrogens is 220 g/mol. The lowest BCUT2D eigenvalue weighted by Crippen LogP contribution is -2.29. The minimum atomic E-state index is -0.892. The average molecular weight is 236 g/mol. The van der Waals surface area contributed by atoms with E-state index < -0.39 is 5.97 Å². The molecule has 0 aliphatic rings. The van der Waals surface area contributed by atoms with Crippen molar-refractivity contribution in [3.63, 3.8) is 0 Å². The van der Waals surface area contributed by atoms with Crippen LogP contribution in [0.3, 0.4) is 0 Å². The van der Waals surface area contributed by atoms with Crippen molar-refractivity contribution in [3.8, 4) is 0 Å². The first-order valence-corrected chi connectivity index (χ1v) is 5.44. The number of carboxylic acid groups (broad SMARTS) is 1. The van der Waals surface area contributed by atoms with Gasteiger partial charge in [-0.3, -0.25) is 14.6 Å². The zero-order valence-corrected chi connectivity index (χ0v) is 9.80. The molecule has 17 heavy (non-hydrogen) atoms. The molecule has 92 valence electrons. The number of carboxylic acids is 1. The van der Waals surface area contributed by atoms with Gasteiger partial charge < -0.3 is 10.0 Å². The number of hydrogen-bond donors (Lipinski definition) is 1. The van der Waals surface area contributed by atoms with E-state index in [0.29, 0.717) is 12.8 Å². The Kier molecular flexibility index (Phi) is 5.13. The highest BCUT2D eigenvalue weighted by Gasteiger charge is 2.10. The second-order valence-corrected chi connectivity index (χ2v) is 3.82. The number of nitrogens with zero attached hydrogens (tertiary/aromatic N) is 2. The Balaban J connectivity index is 2.32. The summed E-state index contributed by atoms with van der Waals surface area (Å²) in [7, 11) is 1.62. The zero-order chi connectivity index (χ0) is 12.7. The summed E-state index contributed by atoms with van der Waals surface area (Å²) < 4.78 is 0. The predicted octanol–water partition coefficient (Wildman–Crippen LogP) is 0.947. The lowest BCUT2D eigenvalue weighted by Gasteiger charge is -2.15. The zero-order valence-electron chi connectivity index (χ0n) is 9.80. The van der Waals surface area contributed by atoms with Gasteiger partial charge in [-0.25, -0.2) is 0 Å². The number of aliphatic carboxylic acids is 1. The largest absolute Gasteiger partial charge is 0.481 e. The minimum Gasteiger partial charge on any atom is -0.481 e. The van der Waals surface area contributed by atoms with Crippen molar-refractivity contribution in [2.45, 2.75) is 19.3 Å². The third kappa shape index (κ3) is 5.10. The summed E-state index contributed by atoms with van der Waals surface area (Å²) in [6.45, 7) is 0.251. The van der Waals surface area contributed by atoms with Crippen LogP contribution in [0.4, 0.5) is 0 Å². The molecule has 1 N–H and O–H groups in total. The molecule has 0 unspecified atom stereocenters. The first-order valence-electron chi connectivity index (χ1n) is 5.44. The Morgan fingerprint density at radius 3 is 2.76 bits per heavy atom. The molecule has 0 atom stereocenters. The SMILES string of the molecule is CN(CCC(=O)O)C(=O)CCc1cccnc1. The second kappa shape index (κ2) is 6.62. The topological polar surface area (TPSA) is 70.5 Å². The van der Waals surface area contributed by atoms with E-state index in [1.807, 2.05) is 12.1 Å². The molecule has 1 amide bonds. The Labute approximate surface area is 100 Å². The van der Waals surface area contributed by atoms with E-state index in [1.165, 1.54) is 4.90 Å². The van der Waals surface area contributed by atoms with Gasteiger partial charge in [0.2, 0.25) is 5.91 Å². The Hall–Kier alpha value is -1.91. The second-order valence-electron chi connectivity index (χ2n) is 3.82. The molecule has 1 heterocycles. The third-order valence-corrected chi connectivity index (χ3v) is 2.44. The fraction of sp³-hybridized carbons (Fsp3) is 0.417. The third-order valence-electron chi connectivity index (χ3n) is 2.44. The van der Waals surface area contributed by atoms with Crippen molar-refractivity contribution in [3.05, 3.63) is 30.1 Å². The molecule has 0 aromatic carbocycles. The fourth-order valence-electron chi connectivity index (χ4n) is 1.38. The van der Waals surface area contributed by atoms with Gasteiger partial charge in [-0.15, -0.1) is 0 Å². The van der Waals surface area contributed by atoms with E-state index >= 15 is 0 Å². The standard InChI is InChI=1S/C12H16N2O3/c1-14(8-6-12(16)17)11(15)5-4-10-3-2-7-13-9-10/h2-3,7,9H,4-6,8H2,1H3,(H,16,17). The Morgan fingerprint density at radius 1 is 1.41 bits per heavy atom. The number of carbonyl (C=O) groups is 2. The summed E-state index contributed by atoms with van der Waals surface area (Å²) >= 11 is 0. The van der Waals surface area contributed by atoms with Crippen molar-refractivity contribution in [1.82, 2.24) is 9.88 Å². The lowest BCUT2D eigenvalue weighted by molar-refractivity contribution is -0.138. The summed E-state index contributed by atoms with van der Waals surface area (Å²) in [5.41, 5.74) is 1.01. The van der Waals surface area contributed by atoms with Crippen LogP contribution in [-0.4, -0.2) is 40.5 Å². The molecule has 0 radical (unpaired) electrons. The summed E-state index contributed by atoms with van der Waals surface area (Å²) in [6.07, 6.45) is 4.40. The molecule has 5 heteroatoms. The van der Waals surface area contributed by atoms with Crippen LogP contribution >= 0.6 is 0 Å².